The molecule has 1 saturated carbocycles. The fraction of sp³-hybridized carbons (Fsp3) is 0.533. The summed E-state index contributed by atoms with van der Waals surface area (Å²) >= 11 is 6.33. The van der Waals surface area contributed by atoms with Gasteiger partial charge in [-0.2, -0.15) is 0 Å². The molecular formula is C15H20ClN3. The van der Waals surface area contributed by atoms with Gasteiger partial charge in [0.05, 0.1) is 16.1 Å². The van der Waals surface area contributed by atoms with Crippen LogP contribution in [0, 0.1) is 0 Å². The van der Waals surface area contributed by atoms with Gasteiger partial charge < -0.3 is 9.88 Å². The lowest BCUT2D eigenvalue weighted by Crippen LogP contribution is -2.20. The molecule has 3 nitrogen and oxygen atoms in total. The molecule has 0 amide bonds. The molecule has 0 bridgehead atoms. The average Bonchev–Trinajstić information content (AvgIpc) is 3.14. The number of para-hydroxylation sites is 1. The predicted molar refractivity (Wildman–Crippen MR) is 79.8 cm³/mol. The van der Waals surface area contributed by atoms with Gasteiger partial charge in [-0.1, -0.05) is 24.6 Å². The van der Waals surface area contributed by atoms with Gasteiger partial charge in [0, 0.05) is 25.6 Å². The number of rotatable bonds is 6. The number of nitrogens with zero attached hydrogens (tertiary/aromatic N) is 2. The van der Waals surface area contributed by atoms with Crippen molar-refractivity contribution in [2.75, 3.05) is 6.54 Å². The lowest BCUT2D eigenvalue weighted by Gasteiger charge is -2.09. The molecule has 1 aliphatic carbocycles. The predicted octanol–water partition coefficient (Wildman–Crippen LogP) is 3.39. The molecule has 4 heteroatoms. The molecule has 1 fully saturated rings. The number of benzene rings is 1. The Hall–Kier alpha value is -1.06. The van der Waals surface area contributed by atoms with E-state index in [-0.39, 0.29) is 0 Å². The van der Waals surface area contributed by atoms with Gasteiger partial charge in [0.25, 0.3) is 0 Å². The van der Waals surface area contributed by atoms with Gasteiger partial charge in [0.1, 0.15) is 5.82 Å². The molecule has 102 valence electrons. The number of hydrogen-bond donors (Lipinski definition) is 1. The lowest BCUT2D eigenvalue weighted by atomic mass is 10.3. The van der Waals surface area contributed by atoms with E-state index in [2.05, 4.69) is 16.8 Å². The summed E-state index contributed by atoms with van der Waals surface area (Å²) in [5.41, 5.74) is 2.11. The molecule has 1 N–H and O–H groups in total. The second-order valence-corrected chi connectivity index (χ2v) is 5.67. The smallest absolute Gasteiger partial charge is 0.111 e. The molecule has 0 radical (unpaired) electrons. The lowest BCUT2D eigenvalue weighted by molar-refractivity contribution is 0.615. The van der Waals surface area contributed by atoms with Gasteiger partial charge in [-0.25, -0.2) is 4.98 Å². The Balaban J connectivity index is 1.87. The van der Waals surface area contributed by atoms with E-state index in [1.807, 2.05) is 18.2 Å². The molecule has 1 aromatic carbocycles. The maximum Gasteiger partial charge on any atom is 0.111 e. The zero-order valence-electron chi connectivity index (χ0n) is 11.3. The highest BCUT2D eigenvalue weighted by Gasteiger charge is 2.20. The van der Waals surface area contributed by atoms with Crippen molar-refractivity contribution in [3.05, 3.63) is 29.0 Å². The van der Waals surface area contributed by atoms with Crippen LogP contribution in [0.25, 0.3) is 11.0 Å². The highest BCUT2D eigenvalue weighted by molar-refractivity contribution is 6.35. The normalized spacial score (nSPS) is 15.3. The third-order valence-corrected chi connectivity index (χ3v) is 3.91. The van der Waals surface area contributed by atoms with Crippen molar-refractivity contribution in [1.29, 1.82) is 0 Å². The Kier molecular flexibility index (Phi) is 3.76. The molecule has 0 atom stereocenters. The Morgan fingerprint density at radius 2 is 2.26 bits per heavy atom. The topological polar surface area (TPSA) is 29.9 Å². The van der Waals surface area contributed by atoms with Crippen LogP contribution < -0.4 is 5.32 Å². The summed E-state index contributed by atoms with van der Waals surface area (Å²) in [6.07, 6.45) is 4.73. The van der Waals surface area contributed by atoms with Gasteiger partial charge in [-0.3, -0.25) is 0 Å². The summed E-state index contributed by atoms with van der Waals surface area (Å²) in [4.78, 5) is 4.75. The van der Waals surface area contributed by atoms with Crippen molar-refractivity contribution in [2.45, 2.75) is 45.2 Å². The molecular weight excluding hydrogens is 258 g/mol. The van der Waals surface area contributed by atoms with Crippen LogP contribution in [0.3, 0.4) is 0 Å². The van der Waals surface area contributed by atoms with Crippen LogP contribution in [0.5, 0.6) is 0 Å². The standard InChI is InChI=1S/C15H20ClN3/c1-2-10-19-14(8-9-17-11-6-7-11)18-13-5-3-4-12(16)15(13)19/h3-5,11,17H,2,6-10H2,1H3. The molecule has 19 heavy (non-hydrogen) atoms. The molecule has 0 aliphatic heterocycles. The van der Waals surface area contributed by atoms with Gasteiger partial charge in [-0.15, -0.1) is 0 Å². The summed E-state index contributed by atoms with van der Waals surface area (Å²) in [6, 6.07) is 6.72. The Labute approximate surface area is 119 Å². The number of halogens is 1. The maximum atomic E-state index is 6.33. The molecule has 0 spiro atoms. The van der Waals surface area contributed by atoms with Crippen LogP contribution in [0.2, 0.25) is 5.02 Å². The van der Waals surface area contributed by atoms with E-state index in [0.717, 1.165) is 53.9 Å². The van der Waals surface area contributed by atoms with Crippen LogP contribution in [-0.4, -0.2) is 22.1 Å². The number of imidazole rings is 1. The van der Waals surface area contributed by atoms with Crippen LogP contribution in [-0.2, 0) is 13.0 Å². The Bertz CT molecular complexity index is 572. The maximum absolute atomic E-state index is 6.33. The van der Waals surface area contributed by atoms with Gasteiger partial charge >= 0.3 is 0 Å². The van der Waals surface area contributed by atoms with Crippen molar-refractivity contribution >= 4 is 22.6 Å². The quantitative estimate of drug-likeness (QED) is 0.877. The first-order valence-electron chi connectivity index (χ1n) is 7.16. The third-order valence-electron chi connectivity index (χ3n) is 3.60. The Morgan fingerprint density at radius 1 is 1.42 bits per heavy atom. The van der Waals surface area contributed by atoms with Crippen molar-refractivity contribution in [2.24, 2.45) is 0 Å². The van der Waals surface area contributed by atoms with Crippen molar-refractivity contribution in [1.82, 2.24) is 14.9 Å². The fourth-order valence-corrected chi connectivity index (χ4v) is 2.79. The SMILES string of the molecule is CCCn1c(CCNC2CC2)nc2cccc(Cl)c21. The molecule has 1 aromatic heterocycles. The van der Waals surface area contributed by atoms with Crippen LogP contribution in [0.15, 0.2) is 18.2 Å². The fourth-order valence-electron chi connectivity index (χ4n) is 2.52. The number of aromatic nitrogens is 2. The van der Waals surface area contributed by atoms with E-state index in [0.29, 0.717) is 0 Å². The third kappa shape index (κ3) is 2.77. The molecule has 1 aliphatic rings. The molecule has 2 aromatic rings. The minimum Gasteiger partial charge on any atom is -0.327 e. The van der Waals surface area contributed by atoms with Gasteiger partial charge in [0.15, 0.2) is 0 Å². The van der Waals surface area contributed by atoms with E-state index in [1.165, 1.54) is 12.8 Å². The second-order valence-electron chi connectivity index (χ2n) is 5.27. The minimum absolute atomic E-state index is 0.757. The van der Waals surface area contributed by atoms with Crippen LogP contribution in [0.1, 0.15) is 32.0 Å². The van der Waals surface area contributed by atoms with E-state index in [9.17, 15) is 0 Å². The molecule has 1 heterocycles. The largest absolute Gasteiger partial charge is 0.327 e. The van der Waals surface area contributed by atoms with E-state index < -0.39 is 0 Å². The first-order chi connectivity index (χ1) is 9.29. The number of fused-ring (bicyclic) bond motifs is 1. The number of nitrogens with one attached hydrogen (secondary N) is 1. The number of hydrogen-bond acceptors (Lipinski definition) is 2. The van der Waals surface area contributed by atoms with Crippen molar-refractivity contribution in [3.63, 3.8) is 0 Å². The van der Waals surface area contributed by atoms with E-state index >= 15 is 0 Å². The molecule has 0 unspecified atom stereocenters. The summed E-state index contributed by atoms with van der Waals surface area (Å²) in [5.74, 6) is 1.15. The van der Waals surface area contributed by atoms with E-state index in [4.69, 9.17) is 16.6 Å². The van der Waals surface area contributed by atoms with E-state index in [1.54, 1.807) is 0 Å². The summed E-state index contributed by atoms with van der Waals surface area (Å²) in [5, 5.41) is 4.35. The summed E-state index contributed by atoms with van der Waals surface area (Å²) in [7, 11) is 0. The first-order valence-corrected chi connectivity index (χ1v) is 7.54. The molecule has 3 rings (SSSR count). The van der Waals surface area contributed by atoms with Crippen LogP contribution in [0.4, 0.5) is 0 Å². The zero-order valence-corrected chi connectivity index (χ0v) is 12.1. The second kappa shape index (κ2) is 5.51. The number of aryl methyl sites for hydroxylation is 1. The highest BCUT2D eigenvalue weighted by atomic mass is 35.5. The zero-order chi connectivity index (χ0) is 13.2. The van der Waals surface area contributed by atoms with Crippen LogP contribution >= 0.6 is 11.6 Å². The van der Waals surface area contributed by atoms with Gasteiger partial charge in [-0.05, 0) is 31.4 Å². The summed E-state index contributed by atoms with van der Waals surface area (Å²) in [6.45, 7) is 4.18. The Morgan fingerprint density at radius 3 is 3.00 bits per heavy atom. The minimum atomic E-state index is 0.757. The summed E-state index contributed by atoms with van der Waals surface area (Å²) < 4.78 is 2.28. The van der Waals surface area contributed by atoms with Gasteiger partial charge in [0.2, 0.25) is 0 Å². The monoisotopic (exact) mass is 277 g/mol. The first kappa shape index (κ1) is 12.9. The highest BCUT2D eigenvalue weighted by Crippen LogP contribution is 2.25. The van der Waals surface area contributed by atoms with Crippen molar-refractivity contribution in [3.8, 4) is 0 Å². The van der Waals surface area contributed by atoms with Crippen molar-refractivity contribution < 1.29 is 0 Å². The average molecular weight is 278 g/mol. The molecule has 0 saturated heterocycles.